The molecule has 0 aliphatic rings. The fourth-order valence-corrected chi connectivity index (χ4v) is 1.37. The van der Waals surface area contributed by atoms with Crippen LogP contribution < -0.4 is 10.6 Å². The Morgan fingerprint density at radius 2 is 1.94 bits per heavy atom. The van der Waals surface area contributed by atoms with Crippen LogP contribution in [0.1, 0.15) is 40.0 Å². The molecule has 5 heteroatoms. The highest BCUT2D eigenvalue weighted by Crippen LogP contribution is 2.08. The number of carbonyl (C=O) groups excluding carboxylic acids is 2. The highest BCUT2D eigenvalue weighted by molar-refractivity contribution is 5.83. The van der Waals surface area contributed by atoms with Gasteiger partial charge >= 0.3 is 12.0 Å². The molecule has 5 nitrogen and oxygen atoms in total. The van der Waals surface area contributed by atoms with Crippen LogP contribution in [-0.4, -0.2) is 31.7 Å². The topological polar surface area (TPSA) is 67.4 Å². The number of hydrogen-bond donors (Lipinski definition) is 2. The van der Waals surface area contributed by atoms with Crippen molar-refractivity contribution in [2.45, 2.75) is 46.1 Å². The molecule has 2 amide bonds. The number of urea groups is 1. The molecule has 0 spiro atoms. The molecule has 0 bridgehead atoms. The molecule has 100 valence electrons. The summed E-state index contributed by atoms with van der Waals surface area (Å²) in [6.07, 6.45) is 2.75. The molecule has 0 fully saturated rings. The minimum absolute atomic E-state index is 0.0550. The number of esters is 1. The van der Waals surface area contributed by atoms with Gasteiger partial charge in [0.25, 0.3) is 0 Å². The maximum Gasteiger partial charge on any atom is 0.328 e. The first kappa shape index (κ1) is 15.7. The Labute approximate surface area is 103 Å². The van der Waals surface area contributed by atoms with Gasteiger partial charge in [0.2, 0.25) is 0 Å². The number of hydrogen-bond acceptors (Lipinski definition) is 3. The Hall–Kier alpha value is -1.26. The zero-order chi connectivity index (χ0) is 13.3. The molecule has 0 aromatic heterocycles. The molecule has 0 heterocycles. The highest BCUT2D eigenvalue weighted by Gasteiger charge is 2.26. The standard InChI is InChI=1S/C12H24N2O3/c1-5-7-8-13-12(16)14-10(9(3)6-2)11(15)17-4/h9-10H,5-8H2,1-4H3,(H2,13,14,16). The predicted octanol–water partition coefficient (Wildman–Crippen LogP) is 1.67. The molecule has 17 heavy (non-hydrogen) atoms. The number of methoxy groups -OCH3 is 1. The Morgan fingerprint density at radius 1 is 1.29 bits per heavy atom. The van der Waals surface area contributed by atoms with Gasteiger partial charge in [-0.25, -0.2) is 9.59 Å². The molecule has 0 saturated carbocycles. The largest absolute Gasteiger partial charge is 0.467 e. The molecule has 2 atom stereocenters. The van der Waals surface area contributed by atoms with Crippen molar-refractivity contribution in [3.8, 4) is 0 Å². The van der Waals surface area contributed by atoms with Gasteiger partial charge < -0.3 is 15.4 Å². The molecular weight excluding hydrogens is 220 g/mol. The minimum Gasteiger partial charge on any atom is -0.467 e. The second-order valence-corrected chi connectivity index (χ2v) is 4.14. The monoisotopic (exact) mass is 244 g/mol. The number of nitrogens with one attached hydrogen (secondary N) is 2. The number of carbonyl (C=O) groups is 2. The first-order chi connectivity index (χ1) is 8.06. The van der Waals surface area contributed by atoms with Crippen molar-refractivity contribution in [1.82, 2.24) is 10.6 Å². The predicted molar refractivity (Wildman–Crippen MR) is 66.7 cm³/mol. The second-order valence-electron chi connectivity index (χ2n) is 4.14. The van der Waals surface area contributed by atoms with Gasteiger partial charge in [0.1, 0.15) is 6.04 Å². The average molecular weight is 244 g/mol. The van der Waals surface area contributed by atoms with E-state index in [1.807, 2.05) is 13.8 Å². The van der Waals surface area contributed by atoms with Crippen LogP contribution >= 0.6 is 0 Å². The van der Waals surface area contributed by atoms with Crippen LogP contribution in [0.25, 0.3) is 0 Å². The Bertz CT molecular complexity index is 244. The summed E-state index contributed by atoms with van der Waals surface area (Å²) in [5.41, 5.74) is 0. The molecule has 0 rings (SSSR count). The third-order valence-corrected chi connectivity index (χ3v) is 2.77. The zero-order valence-corrected chi connectivity index (χ0v) is 11.2. The van der Waals surface area contributed by atoms with E-state index in [1.54, 1.807) is 0 Å². The van der Waals surface area contributed by atoms with Gasteiger partial charge in [-0.1, -0.05) is 33.6 Å². The van der Waals surface area contributed by atoms with E-state index in [0.717, 1.165) is 19.3 Å². The summed E-state index contributed by atoms with van der Waals surface area (Å²) in [5.74, 6) is -0.343. The lowest BCUT2D eigenvalue weighted by atomic mass is 9.99. The van der Waals surface area contributed by atoms with Crippen molar-refractivity contribution in [2.24, 2.45) is 5.92 Å². The quantitative estimate of drug-likeness (QED) is 0.529. The second kappa shape index (κ2) is 8.84. The lowest BCUT2D eigenvalue weighted by Gasteiger charge is -2.21. The van der Waals surface area contributed by atoms with Crippen molar-refractivity contribution in [1.29, 1.82) is 0 Å². The van der Waals surface area contributed by atoms with Gasteiger partial charge in [-0.2, -0.15) is 0 Å². The molecule has 2 N–H and O–H groups in total. The fraction of sp³-hybridized carbons (Fsp3) is 0.833. The Balaban J connectivity index is 4.23. The number of rotatable bonds is 7. The number of ether oxygens (including phenoxy) is 1. The normalized spacial score (nSPS) is 13.6. The van der Waals surface area contributed by atoms with Gasteiger partial charge in [-0.3, -0.25) is 0 Å². The van der Waals surface area contributed by atoms with Gasteiger partial charge in [-0.15, -0.1) is 0 Å². The molecule has 2 unspecified atom stereocenters. The summed E-state index contributed by atoms with van der Waals surface area (Å²) in [6, 6.07) is -0.888. The number of unbranched alkanes of at least 4 members (excludes halogenated alkanes) is 1. The summed E-state index contributed by atoms with van der Waals surface area (Å²) in [6.45, 7) is 6.55. The van der Waals surface area contributed by atoms with Gasteiger partial charge in [-0.05, 0) is 12.3 Å². The van der Waals surface area contributed by atoms with Crippen molar-refractivity contribution in [3.05, 3.63) is 0 Å². The summed E-state index contributed by atoms with van der Waals surface area (Å²) in [5, 5.41) is 5.37. The minimum atomic E-state index is -0.577. The lowest BCUT2D eigenvalue weighted by Crippen LogP contribution is -2.49. The molecule has 0 aromatic rings. The van der Waals surface area contributed by atoms with Crippen LogP contribution in [0.15, 0.2) is 0 Å². The molecule has 0 radical (unpaired) electrons. The van der Waals surface area contributed by atoms with E-state index in [0.29, 0.717) is 6.54 Å². The lowest BCUT2D eigenvalue weighted by molar-refractivity contribution is -0.144. The van der Waals surface area contributed by atoms with E-state index < -0.39 is 12.0 Å². The first-order valence-corrected chi connectivity index (χ1v) is 6.18. The van der Waals surface area contributed by atoms with Crippen molar-refractivity contribution >= 4 is 12.0 Å². The van der Waals surface area contributed by atoms with Crippen LogP contribution in [0.5, 0.6) is 0 Å². The van der Waals surface area contributed by atoms with E-state index >= 15 is 0 Å². The van der Waals surface area contributed by atoms with E-state index in [-0.39, 0.29) is 11.9 Å². The maximum atomic E-state index is 11.5. The molecule has 0 aromatic carbocycles. The average Bonchev–Trinajstić information content (AvgIpc) is 2.34. The first-order valence-electron chi connectivity index (χ1n) is 6.18. The molecule has 0 aliphatic carbocycles. The third-order valence-electron chi connectivity index (χ3n) is 2.77. The molecule has 0 saturated heterocycles. The molecule has 0 aliphatic heterocycles. The van der Waals surface area contributed by atoms with E-state index in [4.69, 9.17) is 0 Å². The van der Waals surface area contributed by atoms with E-state index in [9.17, 15) is 9.59 Å². The highest BCUT2D eigenvalue weighted by atomic mass is 16.5. The van der Waals surface area contributed by atoms with Crippen molar-refractivity contribution in [2.75, 3.05) is 13.7 Å². The van der Waals surface area contributed by atoms with Crippen LogP contribution in [0.3, 0.4) is 0 Å². The van der Waals surface area contributed by atoms with Gasteiger partial charge in [0.15, 0.2) is 0 Å². The van der Waals surface area contributed by atoms with Gasteiger partial charge in [0, 0.05) is 6.54 Å². The van der Waals surface area contributed by atoms with E-state index in [1.165, 1.54) is 7.11 Å². The smallest absolute Gasteiger partial charge is 0.328 e. The third kappa shape index (κ3) is 6.14. The van der Waals surface area contributed by atoms with E-state index in [2.05, 4.69) is 22.3 Å². The van der Waals surface area contributed by atoms with Crippen LogP contribution in [-0.2, 0) is 9.53 Å². The summed E-state index contributed by atoms with van der Waals surface area (Å²) in [7, 11) is 1.33. The Kier molecular flexibility index (Phi) is 8.19. The van der Waals surface area contributed by atoms with Crippen molar-refractivity contribution < 1.29 is 14.3 Å². The van der Waals surface area contributed by atoms with Gasteiger partial charge in [0.05, 0.1) is 7.11 Å². The zero-order valence-electron chi connectivity index (χ0n) is 11.2. The van der Waals surface area contributed by atoms with Crippen molar-refractivity contribution in [3.63, 3.8) is 0 Å². The fourth-order valence-electron chi connectivity index (χ4n) is 1.37. The maximum absolute atomic E-state index is 11.5. The Morgan fingerprint density at radius 3 is 2.41 bits per heavy atom. The van der Waals surface area contributed by atoms with Crippen LogP contribution in [0.4, 0.5) is 4.79 Å². The molecular formula is C12H24N2O3. The SMILES string of the molecule is CCCCNC(=O)NC(C(=O)OC)C(C)CC. The summed E-state index contributed by atoms with van der Waals surface area (Å²) in [4.78, 5) is 23.1. The van der Waals surface area contributed by atoms with Crippen LogP contribution in [0.2, 0.25) is 0 Å². The number of amides is 2. The summed E-state index contributed by atoms with van der Waals surface area (Å²) >= 11 is 0. The summed E-state index contributed by atoms with van der Waals surface area (Å²) < 4.78 is 4.68. The van der Waals surface area contributed by atoms with Crippen LogP contribution in [0, 0.1) is 5.92 Å².